The number of aliphatic carboxylic acids is 3. The first-order valence-corrected chi connectivity index (χ1v) is 33.2. The van der Waals surface area contributed by atoms with Gasteiger partial charge in [-0.1, -0.05) is 75.4 Å². The zero-order chi connectivity index (χ0) is 66.3. The summed E-state index contributed by atoms with van der Waals surface area (Å²) in [4.78, 5) is 87.2. The minimum atomic E-state index is -0.685. The van der Waals surface area contributed by atoms with Gasteiger partial charge in [0.15, 0.2) is 17.3 Å². The van der Waals surface area contributed by atoms with Crippen molar-refractivity contribution in [3.63, 3.8) is 0 Å². The van der Waals surface area contributed by atoms with Crippen molar-refractivity contribution in [1.82, 2.24) is 28.7 Å². The molecule has 18 heteroatoms. The van der Waals surface area contributed by atoms with Crippen molar-refractivity contribution in [3.05, 3.63) is 199 Å². The van der Waals surface area contributed by atoms with Gasteiger partial charge in [0.05, 0.1) is 69.1 Å². The van der Waals surface area contributed by atoms with Crippen LogP contribution in [0.15, 0.2) is 178 Å². The number of fused-ring (bicyclic) bond motifs is 6. The van der Waals surface area contributed by atoms with Gasteiger partial charge in [-0.05, 0) is 146 Å². The van der Waals surface area contributed by atoms with E-state index in [-0.39, 0.29) is 51.3 Å². The van der Waals surface area contributed by atoms with Gasteiger partial charge in [-0.15, -0.1) is 0 Å². The molecule has 3 atom stereocenters. The molecule has 0 aliphatic heterocycles. The molecular weight excluding hydrogens is 1210 g/mol. The molecule has 486 valence electrons. The van der Waals surface area contributed by atoms with Gasteiger partial charge >= 0.3 is 17.9 Å². The predicted octanol–water partition coefficient (Wildman–Crippen LogP) is 15.9. The molecule has 18 nitrogen and oxygen atoms in total. The molecule has 9 aliphatic carbocycles. The van der Waals surface area contributed by atoms with Crippen molar-refractivity contribution in [2.24, 2.45) is 50.2 Å². The monoisotopic (exact) mass is 1280 g/mol. The molecule has 3 aromatic carbocycles. The van der Waals surface area contributed by atoms with E-state index in [9.17, 15) is 44.1 Å². The summed E-state index contributed by atoms with van der Waals surface area (Å²) in [5.41, 5.74) is 5.55. The van der Waals surface area contributed by atoms with E-state index in [0.29, 0.717) is 113 Å². The van der Waals surface area contributed by atoms with Crippen LogP contribution in [0.2, 0.25) is 0 Å². The number of hydrogen-bond donors (Lipinski definition) is 3. The van der Waals surface area contributed by atoms with E-state index in [1.54, 1.807) is 37.2 Å². The molecule has 0 radical (unpaired) electrons. The summed E-state index contributed by atoms with van der Waals surface area (Å²) >= 11 is 0. The van der Waals surface area contributed by atoms with Crippen LogP contribution >= 0.6 is 0 Å². The van der Waals surface area contributed by atoms with E-state index >= 15 is 0 Å². The Morgan fingerprint density at radius 2 is 0.646 bits per heavy atom. The summed E-state index contributed by atoms with van der Waals surface area (Å²) in [5.74, 6) is 1.11. The third-order valence-corrected chi connectivity index (χ3v) is 23.5. The maximum atomic E-state index is 13.3. The van der Waals surface area contributed by atoms with Gasteiger partial charge in [0, 0.05) is 107 Å². The molecule has 9 aromatic heterocycles. The number of pyridine rings is 3. The second kappa shape index (κ2) is 22.2. The summed E-state index contributed by atoms with van der Waals surface area (Å²) in [5, 5.41) is 34.1. The summed E-state index contributed by atoms with van der Waals surface area (Å²) in [6, 6.07) is 35.8. The molecular formula is C78H72N6O12. The van der Waals surface area contributed by atoms with Crippen LogP contribution in [-0.4, -0.2) is 79.2 Å². The lowest BCUT2D eigenvalue weighted by Gasteiger charge is -2.70. The summed E-state index contributed by atoms with van der Waals surface area (Å²) in [6.07, 6.45) is 23.8. The number of rotatable bonds is 21. The molecule has 9 saturated carbocycles. The van der Waals surface area contributed by atoms with E-state index in [0.717, 1.165) is 82.9 Å². The lowest BCUT2D eigenvalue weighted by atomic mass is 9.32. The molecule has 6 bridgehead atoms. The third kappa shape index (κ3) is 9.82. The van der Waals surface area contributed by atoms with Gasteiger partial charge < -0.3 is 42.3 Å². The number of carboxylic acid groups (broad SMARTS) is 3. The number of para-hydroxylation sites is 3. The fraction of sp³-hybridized carbons (Fsp3) is 0.346. The van der Waals surface area contributed by atoms with Crippen LogP contribution in [-0.2, 0) is 34.0 Å². The van der Waals surface area contributed by atoms with E-state index < -0.39 is 34.2 Å². The Labute approximate surface area is 550 Å². The van der Waals surface area contributed by atoms with Crippen LogP contribution in [0.3, 0.4) is 0 Å². The Kier molecular flexibility index (Phi) is 14.0. The number of carbonyl (C=O) groups is 6. The smallest absolute Gasteiger partial charge is 0.309 e. The van der Waals surface area contributed by atoms with Crippen LogP contribution in [0.5, 0.6) is 0 Å². The van der Waals surface area contributed by atoms with Crippen molar-refractivity contribution in [2.75, 3.05) is 0 Å². The first kappa shape index (κ1) is 60.7. The lowest BCUT2D eigenvalue weighted by Crippen LogP contribution is -2.67. The molecule has 9 aliphatic rings. The Hall–Kier alpha value is -10.2. The number of carbonyl (C=O) groups excluding carboxylic acids is 3. The van der Waals surface area contributed by atoms with Gasteiger partial charge in [-0.2, -0.15) is 0 Å². The first-order chi connectivity index (χ1) is 46.2. The number of nitrogens with zero attached hydrogens (tertiary/aromatic N) is 6. The molecule has 12 aromatic rings. The number of ketones is 3. The average molecular weight is 1290 g/mol. The molecule has 0 saturated heterocycles. The van der Waals surface area contributed by atoms with Crippen molar-refractivity contribution in [1.29, 1.82) is 0 Å². The zero-order valence-electron chi connectivity index (χ0n) is 53.6. The van der Waals surface area contributed by atoms with Gasteiger partial charge in [0.25, 0.3) is 0 Å². The van der Waals surface area contributed by atoms with E-state index in [1.165, 1.54) is 0 Å². The highest BCUT2D eigenvalue weighted by molar-refractivity contribution is 6.09. The van der Waals surface area contributed by atoms with E-state index in [4.69, 9.17) is 13.3 Å². The fourth-order valence-corrected chi connectivity index (χ4v) is 18.0. The lowest BCUT2D eigenvalue weighted by molar-refractivity contribution is -0.240. The standard InChI is InChI=1S/3C26H24N2O4/c3*1-16(25-13-26(14-25,15-25)24(30)31)8-21(29)20-11-27-10-18-6-7-28(23(18)20)12-19-9-17-4-2-3-5-22(17)32-19/h3*2-7,9-11,16H,8,12-15H2,1H3,(H,30,31)/t2*16-,25?,26?;/m10./s1. The second-order valence-electron chi connectivity index (χ2n) is 29.5. The minimum Gasteiger partial charge on any atom is -0.481 e. The highest BCUT2D eigenvalue weighted by Crippen LogP contribution is 2.78. The summed E-state index contributed by atoms with van der Waals surface area (Å²) in [7, 11) is 0. The maximum Gasteiger partial charge on any atom is 0.309 e. The zero-order valence-corrected chi connectivity index (χ0v) is 53.6. The predicted molar refractivity (Wildman–Crippen MR) is 359 cm³/mol. The van der Waals surface area contributed by atoms with Gasteiger partial charge in [0.2, 0.25) is 0 Å². The van der Waals surface area contributed by atoms with E-state index in [1.807, 2.05) is 141 Å². The van der Waals surface area contributed by atoms with Crippen molar-refractivity contribution >= 4 is 101 Å². The molecule has 0 amide bonds. The van der Waals surface area contributed by atoms with Crippen LogP contribution in [0.25, 0.3) is 65.6 Å². The molecule has 1 unspecified atom stereocenters. The Morgan fingerprint density at radius 3 is 0.896 bits per heavy atom. The molecule has 9 heterocycles. The molecule has 0 spiro atoms. The number of benzene rings is 3. The van der Waals surface area contributed by atoms with Crippen molar-refractivity contribution in [3.8, 4) is 0 Å². The summed E-state index contributed by atoms with van der Waals surface area (Å²) in [6.45, 7) is 7.85. The molecule has 3 N–H and O–H groups in total. The van der Waals surface area contributed by atoms with Crippen molar-refractivity contribution < 1.29 is 57.3 Å². The Bertz CT molecular complexity index is 4540. The second-order valence-corrected chi connectivity index (χ2v) is 29.5. The highest BCUT2D eigenvalue weighted by Gasteiger charge is 2.75. The molecule has 96 heavy (non-hydrogen) atoms. The summed E-state index contributed by atoms with van der Waals surface area (Å²) < 4.78 is 24.1. The van der Waals surface area contributed by atoms with Crippen molar-refractivity contribution in [2.45, 2.75) is 117 Å². The number of hydrogen-bond acceptors (Lipinski definition) is 12. The Morgan fingerprint density at radius 1 is 0.385 bits per heavy atom. The minimum absolute atomic E-state index is 0.0195. The number of aromatic nitrogens is 6. The van der Waals surface area contributed by atoms with Gasteiger partial charge in [0.1, 0.15) is 34.0 Å². The molecule has 9 fully saturated rings. The normalized spacial score (nSPS) is 24.8. The van der Waals surface area contributed by atoms with Crippen LogP contribution in [0.4, 0.5) is 0 Å². The quantitative estimate of drug-likeness (QED) is 0.0565. The number of Topliss-reactive ketones (excluding diaryl/α,β-unsaturated/α-hetero) is 3. The largest absolute Gasteiger partial charge is 0.481 e. The number of carboxylic acids is 3. The van der Waals surface area contributed by atoms with E-state index in [2.05, 4.69) is 35.7 Å². The third-order valence-electron chi connectivity index (χ3n) is 23.5. The number of furan rings is 3. The highest BCUT2D eigenvalue weighted by atomic mass is 16.4. The van der Waals surface area contributed by atoms with Crippen LogP contribution in [0.1, 0.15) is 146 Å². The average Bonchev–Trinajstić information content (AvgIpc) is 0.757. The SMILES string of the molecule is CC(CC(=O)c1cncc2ccn(Cc3cc4ccccc4o3)c12)C12CC(C(=O)O)(C1)C2.C[C@@H](CC(=O)c1cncc2ccn(Cc3cc4ccccc4o3)c12)C12CC(C(=O)O)(C1)C2.C[C@H](CC(=O)c1cncc2ccn(Cc3cc4ccccc4o3)c12)C12CC(C(=O)O)(C1)C2. The molecule has 21 rings (SSSR count). The first-order valence-electron chi connectivity index (χ1n) is 33.2. The van der Waals surface area contributed by atoms with Gasteiger partial charge in [-0.3, -0.25) is 43.7 Å². The Balaban J connectivity index is 0.000000113. The van der Waals surface area contributed by atoms with Gasteiger partial charge in [-0.25, -0.2) is 0 Å². The van der Waals surface area contributed by atoms with Crippen LogP contribution in [0, 0.1) is 50.2 Å². The maximum absolute atomic E-state index is 13.3. The topological polar surface area (TPSA) is 256 Å². The van der Waals surface area contributed by atoms with Crippen LogP contribution < -0.4 is 0 Å². The fourth-order valence-electron chi connectivity index (χ4n) is 18.0.